The average molecular weight is 307 g/mol. The molecule has 2 aromatic rings. The Morgan fingerprint density at radius 3 is 3.05 bits per heavy atom. The molecule has 1 aromatic carbocycles. The van der Waals surface area contributed by atoms with Crippen LogP contribution in [0.15, 0.2) is 34.9 Å². The maximum absolute atomic E-state index is 11.3. The van der Waals surface area contributed by atoms with E-state index >= 15 is 0 Å². The number of nitrogens with one attached hydrogen (secondary N) is 2. The molecule has 1 aromatic heterocycles. The average Bonchev–Trinajstić information content (AvgIpc) is 2.99. The second-order valence-corrected chi connectivity index (χ2v) is 5.19. The molecule has 0 saturated carbocycles. The van der Waals surface area contributed by atoms with Gasteiger partial charge in [-0.2, -0.15) is 0 Å². The van der Waals surface area contributed by atoms with E-state index in [0.29, 0.717) is 16.5 Å². The molecule has 1 aliphatic rings. The van der Waals surface area contributed by atoms with Crippen LogP contribution >= 0.6 is 11.6 Å². The molecule has 0 radical (unpaired) electrons. The summed E-state index contributed by atoms with van der Waals surface area (Å²) in [6.07, 6.45) is 2.49. The highest BCUT2D eigenvalue weighted by Gasteiger charge is 2.20. The van der Waals surface area contributed by atoms with Crippen molar-refractivity contribution in [3.8, 4) is 5.75 Å². The van der Waals surface area contributed by atoms with Crippen LogP contribution in [0.3, 0.4) is 0 Å². The van der Waals surface area contributed by atoms with Crippen LogP contribution in [0, 0.1) is 0 Å². The van der Waals surface area contributed by atoms with Gasteiger partial charge in [0, 0.05) is 6.07 Å². The fourth-order valence-corrected chi connectivity index (χ4v) is 2.48. The molecule has 6 heteroatoms. The smallest absolute Gasteiger partial charge is 0.262 e. The van der Waals surface area contributed by atoms with Gasteiger partial charge in [-0.15, -0.1) is 0 Å². The van der Waals surface area contributed by atoms with Gasteiger partial charge in [0.15, 0.2) is 6.61 Å². The third-order valence-electron chi connectivity index (χ3n) is 3.33. The first-order valence-electron chi connectivity index (χ1n) is 6.73. The van der Waals surface area contributed by atoms with E-state index in [9.17, 15) is 4.79 Å². The molecule has 0 fully saturated rings. The van der Waals surface area contributed by atoms with Gasteiger partial charge >= 0.3 is 0 Å². The first-order valence-corrected chi connectivity index (χ1v) is 7.11. The zero-order valence-electron chi connectivity index (χ0n) is 11.5. The molecule has 1 atom stereocenters. The lowest BCUT2D eigenvalue weighted by Gasteiger charge is -2.22. The van der Waals surface area contributed by atoms with Gasteiger partial charge in [-0.1, -0.05) is 18.5 Å². The van der Waals surface area contributed by atoms with Crippen LogP contribution in [0.4, 0.5) is 11.4 Å². The van der Waals surface area contributed by atoms with Crippen molar-refractivity contribution in [2.75, 3.05) is 17.2 Å². The molecule has 1 aliphatic heterocycles. The summed E-state index contributed by atoms with van der Waals surface area (Å²) in [4.78, 5) is 11.3. The first kappa shape index (κ1) is 13.8. The Morgan fingerprint density at radius 1 is 1.48 bits per heavy atom. The van der Waals surface area contributed by atoms with Crippen molar-refractivity contribution in [3.63, 3.8) is 0 Å². The van der Waals surface area contributed by atoms with Crippen LogP contribution in [-0.4, -0.2) is 12.5 Å². The zero-order valence-corrected chi connectivity index (χ0v) is 12.2. The maximum Gasteiger partial charge on any atom is 0.262 e. The molecular weight excluding hydrogens is 292 g/mol. The minimum Gasteiger partial charge on any atom is -0.482 e. The summed E-state index contributed by atoms with van der Waals surface area (Å²) in [5.41, 5.74) is 1.34. The molecule has 0 aliphatic carbocycles. The standard InChI is InChI=1S/C15H15ClN2O3/c1-2-10(13-4-3-5-20-13)17-11-7-14-12(6-9(11)16)18-15(19)8-21-14/h3-7,10,17H,2,8H2,1H3,(H,18,19). The molecule has 110 valence electrons. The lowest BCUT2D eigenvalue weighted by Crippen LogP contribution is -2.25. The van der Waals surface area contributed by atoms with E-state index in [-0.39, 0.29) is 18.6 Å². The van der Waals surface area contributed by atoms with Crippen LogP contribution in [0.25, 0.3) is 0 Å². The quantitative estimate of drug-likeness (QED) is 0.901. The van der Waals surface area contributed by atoms with Crippen molar-refractivity contribution in [1.29, 1.82) is 0 Å². The third-order valence-corrected chi connectivity index (χ3v) is 3.64. The number of amides is 1. The number of halogens is 1. The van der Waals surface area contributed by atoms with E-state index in [1.807, 2.05) is 12.1 Å². The molecule has 2 N–H and O–H groups in total. The second kappa shape index (κ2) is 5.69. The molecule has 0 spiro atoms. The van der Waals surface area contributed by atoms with Gasteiger partial charge in [-0.3, -0.25) is 4.79 Å². The number of benzene rings is 1. The van der Waals surface area contributed by atoms with E-state index in [4.69, 9.17) is 20.8 Å². The molecule has 3 rings (SSSR count). The van der Waals surface area contributed by atoms with Gasteiger partial charge in [-0.05, 0) is 24.6 Å². The fourth-order valence-electron chi connectivity index (χ4n) is 2.26. The molecule has 5 nitrogen and oxygen atoms in total. The number of anilines is 2. The van der Waals surface area contributed by atoms with Gasteiger partial charge in [0.1, 0.15) is 11.5 Å². The van der Waals surface area contributed by atoms with Gasteiger partial charge in [-0.25, -0.2) is 0 Å². The second-order valence-electron chi connectivity index (χ2n) is 4.79. The lowest BCUT2D eigenvalue weighted by atomic mass is 10.1. The number of hydrogen-bond donors (Lipinski definition) is 2. The predicted molar refractivity (Wildman–Crippen MR) is 80.9 cm³/mol. The van der Waals surface area contributed by atoms with E-state index in [1.54, 1.807) is 18.4 Å². The SMILES string of the molecule is CCC(Nc1cc2c(cc1Cl)NC(=O)CO2)c1ccco1. The molecule has 21 heavy (non-hydrogen) atoms. The lowest BCUT2D eigenvalue weighted by molar-refractivity contribution is -0.118. The Balaban J connectivity index is 1.87. The highest BCUT2D eigenvalue weighted by Crippen LogP contribution is 2.38. The van der Waals surface area contributed by atoms with E-state index in [0.717, 1.165) is 17.9 Å². The van der Waals surface area contributed by atoms with Gasteiger partial charge in [0.25, 0.3) is 5.91 Å². The fraction of sp³-hybridized carbons (Fsp3) is 0.267. The van der Waals surface area contributed by atoms with Crippen molar-refractivity contribution in [1.82, 2.24) is 0 Å². The Hall–Kier alpha value is -2.14. The maximum atomic E-state index is 11.3. The minimum atomic E-state index is -0.179. The molecule has 1 amide bonds. The van der Waals surface area contributed by atoms with Crippen molar-refractivity contribution < 1.29 is 13.9 Å². The highest BCUT2D eigenvalue weighted by atomic mass is 35.5. The van der Waals surface area contributed by atoms with Gasteiger partial charge < -0.3 is 19.8 Å². The van der Waals surface area contributed by atoms with Crippen LogP contribution in [0.2, 0.25) is 5.02 Å². The van der Waals surface area contributed by atoms with Crippen molar-refractivity contribution in [2.24, 2.45) is 0 Å². The number of ether oxygens (including phenoxy) is 1. The zero-order chi connectivity index (χ0) is 14.8. The van der Waals surface area contributed by atoms with Crippen molar-refractivity contribution in [3.05, 3.63) is 41.3 Å². The summed E-state index contributed by atoms with van der Waals surface area (Å²) in [5.74, 6) is 1.28. The number of fused-ring (bicyclic) bond motifs is 1. The molecular formula is C15H15ClN2O3. The van der Waals surface area contributed by atoms with Crippen LogP contribution in [-0.2, 0) is 4.79 Å². The Bertz CT molecular complexity index is 655. The molecule has 2 heterocycles. The van der Waals surface area contributed by atoms with E-state index < -0.39 is 0 Å². The van der Waals surface area contributed by atoms with Gasteiger partial charge in [0.05, 0.1) is 28.7 Å². The van der Waals surface area contributed by atoms with Crippen molar-refractivity contribution >= 4 is 28.9 Å². The van der Waals surface area contributed by atoms with Crippen molar-refractivity contribution in [2.45, 2.75) is 19.4 Å². The Kier molecular flexibility index (Phi) is 3.75. The number of carbonyl (C=O) groups excluding carboxylic acids is 1. The highest BCUT2D eigenvalue weighted by molar-refractivity contribution is 6.33. The van der Waals surface area contributed by atoms with Gasteiger partial charge in [0.2, 0.25) is 0 Å². The normalized spacial score (nSPS) is 14.9. The van der Waals surface area contributed by atoms with E-state index in [2.05, 4.69) is 17.6 Å². The number of furan rings is 1. The number of carbonyl (C=O) groups is 1. The number of hydrogen-bond acceptors (Lipinski definition) is 4. The first-order chi connectivity index (χ1) is 10.2. The minimum absolute atomic E-state index is 0.0173. The van der Waals surface area contributed by atoms with Crippen LogP contribution in [0.5, 0.6) is 5.75 Å². The summed E-state index contributed by atoms with van der Waals surface area (Å²) < 4.78 is 10.8. The summed E-state index contributed by atoms with van der Waals surface area (Å²) in [6.45, 7) is 2.08. The summed E-state index contributed by atoms with van der Waals surface area (Å²) >= 11 is 6.27. The summed E-state index contributed by atoms with van der Waals surface area (Å²) in [7, 11) is 0. The summed E-state index contributed by atoms with van der Waals surface area (Å²) in [6, 6.07) is 7.28. The van der Waals surface area contributed by atoms with E-state index in [1.165, 1.54) is 0 Å². The van der Waals surface area contributed by atoms with Crippen LogP contribution < -0.4 is 15.4 Å². The molecule has 0 saturated heterocycles. The Labute approximate surface area is 127 Å². The molecule has 0 bridgehead atoms. The summed E-state index contributed by atoms with van der Waals surface area (Å²) in [5, 5.41) is 6.59. The third kappa shape index (κ3) is 2.83. The predicted octanol–water partition coefficient (Wildman–Crippen LogP) is 3.83. The number of rotatable bonds is 4. The topological polar surface area (TPSA) is 63.5 Å². The largest absolute Gasteiger partial charge is 0.482 e. The monoisotopic (exact) mass is 306 g/mol. The van der Waals surface area contributed by atoms with Crippen LogP contribution in [0.1, 0.15) is 25.1 Å². The molecule has 1 unspecified atom stereocenters. The Morgan fingerprint density at radius 2 is 2.33 bits per heavy atom.